The predicted molar refractivity (Wildman–Crippen MR) is 65.6 cm³/mol. The molecule has 1 fully saturated rings. The lowest BCUT2D eigenvalue weighted by Crippen LogP contribution is -2.43. The maximum absolute atomic E-state index is 10.0. The zero-order valence-corrected chi connectivity index (χ0v) is 10.1. The molecule has 88 valence electrons. The first-order valence-corrected chi connectivity index (χ1v) is 6.02. The van der Waals surface area contributed by atoms with Crippen molar-refractivity contribution in [1.29, 1.82) is 0 Å². The molecule has 2 unspecified atom stereocenters. The van der Waals surface area contributed by atoms with Gasteiger partial charge in [-0.15, -0.1) is 0 Å². The third-order valence-electron chi connectivity index (χ3n) is 3.48. The van der Waals surface area contributed by atoms with Gasteiger partial charge in [0, 0.05) is 24.6 Å². The molecule has 1 aromatic rings. The third kappa shape index (κ3) is 2.35. The predicted octanol–water partition coefficient (Wildman–Crippen LogP) is 2.13. The van der Waals surface area contributed by atoms with E-state index in [9.17, 15) is 5.11 Å². The largest absolute Gasteiger partial charge is 0.391 e. The summed E-state index contributed by atoms with van der Waals surface area (Å²) >= 11 is 0. The van der Waals surface area contributed by atoms with Crippen LogP contribution in [0.1, 0.15) is 31.4 Å². The molecule has 3 nitrogen and oxygen atoms in total. The van der Waals surface area contributed by atoms with Crippen molar-refractivity contribution in [2.24, 2.45) is 0 Å². The Morgan fingerprint density at radius 3 is 2.81 bits per heavy atom. The molecule has 3 heteroatoms. The number of aliphatic hydroxyl groups excluding tert-OH is 1. The number of hydrogen-bond donors (Lipinski definition) is 1. The summed E-state index contributed by atoms with van der Waals surface area (Å²) in [5.74, 6) is 0. The molecule has 0 radical (unpaired) electrons. The number of nitrogens with zero attached hydrogens (tertiary/aromatic N) is 2. The Bertz CT molecular complexity index is 354. The van der Waals surface area contributed by atoms with E-state index in [1.807, 2.05) is 19.2 Å². The van der Waals surface area contributed by atoms with Crippen molar-refractivity contribution < 1.29 is 5.11 Å². The lowest BCUT2D eigenvalue weighted by Gasteiger charge is -2.36. The van der Waals surface area contributed by atoms with Gasteiger partial charge in [-0.1, -0.05) is 12.8 Å². The Labute approximate surface area is 97.1 Å². The van der Waals surface area contributed by atoms with E-state index in [0.29, 0.717) is 0 Å². The SMILES string of the molecule is Cc1cc(N(C)C2CCCCC2O)ccn1. The van der Waals surface area contributed by atoms with Gasteiger partial charge in [0.25, 0.3) is 0 Å². The van der Waals surface area contributed by atoms with Gasteiger partial charge in [0.1, 0.15) is 0 Å². The molecule has 1 aliphatic rings. The summed E-state index contributed by atoms with van der Waals surface area (Å²) in [6.07, 6.45) is 6.03. The lowest BCUT2D eigenvalue weighted by molar-refractivity contribution is 0.106. The van der Waals surface area contributed by atoms with E-state index in [4.69, 9.17) is 0 Å². The minimum atomic E-state index is -0.188. The van der Waals surface area contributed by atoms with Gasteiger partial charge in [-0.25, -0.2) is 0 Å². The van der Waals surface area contributed by atoms with E-state index in [-0.39, 0.29) is 12.1 Å². The number of likely N-dealkylation sites (N-methyl/N-ethyl adjacent to an activating group) is 1. The second-order valence-corrected chi connectivity index (χ2v) is 4.69. The van der Waals surface area contributed by atoms with Crippen molar-refractivity contribution in [1.82, 2.24) is 4.98 Å². The van der Waals surface area contributed by atoms with E-state index in [1.165, 1.54) is 6.42 Å². The third-order valence-corrected chi connectivity index (χ3v) is 3.48. The van der Waals surface area contributed by atoms with Crippen LogP contribution in [0.4, 0.5) is 5.69 Å². The van der Waals surface area contributed by atoms with Crippen LogP contribution in [-0.4, -0.2) is 29.3 Å². The van der Waals surface area contributed by atoms with E-state index in [2.05, 4.69) is 23.0 Å². The van der Waals surface area contributed by atoms with E-state index in [1.54, 1.807) is 0 Å². The first kappa shape index (κ1) is 11.4. The van der Waals surface area contributed by atoms with E-state index in [0.717, 1.165) is 30.6 Å². The van der Waals surface area contributed by atoms with Gasteiger partial charge in [0.05, 0.1) is 12.1 Å². The van der Waals surface area contributed by atoms with Gasteiger partial charge < -0.3 is 10.0 Å². The molecule has 0 saturated heterocycles. The molecular weight excluding hydrogens is 200 g/mol. The van der Waals surface area contributed by atoms with Crippen LogP contribution in [0.3, 0.4) is 0 Å². The van der Waals surface area contributed by atoms with Crippen LogP contribution in [0.25, 0.3) is 0 Å². The Kier molecular flexibility index (Phi) is 3.44. The van der Waals surface area contributed by atoms with Crippen LogP contribution >= 0.6 is 0 Å². The maximum Gasteiger partial charge on any atom is 0.0743 e. The summed E-state index contributed by atoms with van der Waals surface area (Å²) in [4.78, 5) is 6.39. The van der Waals surface area contributed by atoms with Gasteiger partial charge in [-0.3, -0.25) is 4.98 Å². The average molecular weight is 220 g/mol. The van der Waals surface area contributed by atoms with Gasteiger partial charge >= 0.3 is 0 Å². The maximum atomic E-state index is 10.0. The number of pyridine rings is 1. The molecule has 1 N–H and O–H groups in total. The highest BCUT2D eigenvalue weighted by Gasteiger charge is 2.26. The van der Waals surface area contributed by atoms with Crippen LogP contribution in [0.2, 0.25) is 0 Å². The molecular formula is C13H20N2O. The molecule has 1 aliphatic carbocycles. The highest BCUT2D eigenvalue weighted by Crippen LogP contribution is 2.26. The summed E-state index contributed by atoms with van der Waals surface area (Å²) < 4.78 is 0. The highest BCUT2D eigenvalue weighted by molar-refractivity contribution is 5.46. The number of anilines is 1. The van der Waals surface area contributed by atoms with Crippen LogP contribution in [-0.2, 0) is 0 Å². The van der Waals surface area contributed by atoms with Crippen molar-refractivity contribution >= 4 is 5.69 Å². The Morgan fingerprint density at radius 2 is 2.12 bits per heavy atom. The molecule has 0 bridgehead atoms. The fourth-order valence-electron chi connectivity index (χ4n) is 2.48. The summed E-state index contributed by atoms with van der Waals surface area (Å²) in [6.45, 7) is 1.99. The van der Waals surface area contributed by atoms with Gasteiger partial charge in [-0.2, -0.15) is 0 Å². The first-order chi connectivity index (χ1) is 7.68. The van der Waals surface area contributed by atoms with E-state index < -0.39 is 0 Å². The number of aryl methyl sites for hydroxylation is 1. The van der Waals surface area contributed by atoms with Crippen molar-refractivity contribution in [2.45, 2.75) is 44.8 Å². The van der Waals surface area contributed by atoms with Crippen molar-refractivity contribution in [3.63, 3.8) is 0 Å². The second kappa shape index (κ2) is 4.83. The average Bonchev–Trinajstić information content (AvgIpc) is 2.29. The number of aromatic nitrogens is 1. The zero-order valence-electron chi connectivity index (χ0n) is 10.1. The molecule has 0 spiro atoms. The first-order valence-electron chi connectivity index (χ1n) is 6.02. The molecule has 2 atom stereocenters. The zero-order chi connectivity index (χ0) is 11.5. The van der Waals surface area contributed by atoms with Crippen molar-refractivity contribution in [2.75, 3.05) is 11.9 Å². The number of aliphatic hydroxyl groups is 1. The fourth-order valence-corrected chi connectivity index (χ4v) is 2.48. The monoisotopic (exact) mass is 220 g/mol. The molecule has 0 aromatic carbocycles. The molecule has 16 heavy (non-hydrogen) atoms. The van der Waals surface area contributed by atoms with Crippen LogP contribution in [0, 0.1) is 6.92 Å². The standard InChI is InChI=1S/C13H20N2O/c1-10-9-11(7-8-14-10)15(2)12-5-3-4-6-13(12)16/h7-9,12-13,16H,3-6H2,1-2H3. The molecule has 0 amide bonds. The van der Waals surface area contributed by atoms with Crippen molar-refractivity contribution in [3.8, 4) is 0 Å². The molecule has 1 saturated carbocycles. The van der Waals surface area contributed by atoms with Crippen molar-refractivity contribution in [3.05, 3.63) is 24.0 Å². The fraction of sp³-hybridized carbons (Fsp3) is 0.615. The normalized spacial score (nSPS) is 25.4. The lowest BCUT2D eigenvalue weighted by atomic mass is 9.91. The minimum Gasteiger partial charge on any atom is -0.391 e. The molecule has 1 aromatic heterocycles. The quantitative estimate of drug-likeness (QED) is 0.829. The van der Waals surface area contributed by atoms with Gasteiger partial charge in [0.2, 0.25) is 0 Å². The Morgan fingerprint density at radius 1 is 1.38 bits per heavy atom. The number of hydrogen-bond acceptors (Lipinski definition) is 3. The summed E-state index contributed by atoms with van der Waals surface area (Å²) in [6, 6.07) is 4.34. The smallest absolute Gasteiger partial charge is 0.0743 e. The van der Waals surface area contributed by atoms with E-state index >= 15 is 0 Å². The van der Waals surface area contributed by atoms with Gasteiger partial charge in [-0.05, 0) is 31.9 Å². The molecule has 1 heterocycles. The molecule has 0 aliphatic heterocycles. The number of rotatable bonds is 2. The summed E-state index contributed by atoms with van der Waals surface area (Å²) in [5.41, 5.74) is 2.17. The van der Waals surface area contributed by atoms with Crippen LogP contribution in [0.5, 0.6) is 0 Å². The van der Waals surface area contributed by atoms with Gasteiger partial charge in [0.15, 0.2) is 0 Å². The Hall–Kier alpha value is -1.09. The topological polar surface area (TPSA) is 36.4 Å². The highest BCUT2D eigenvalue weighted by atomic mass is 16.3. The van der Waals surface area contributed by atoms with Crippen LogP contribution < -0.4 is 4.90 Å². The summed E-state index contributed by atoms with van der Waals surface area (Å²) in [5, 5.41) is 10.0. The minimum absolute atomic E-state index is 0.188. The van der Waals surface area contributed by atoms with Crippen LogP contribution in [0.15, 0.2) is 18.3 Å². The second-order valence-electron chi connectivity index (χ2n) is 4.69. The Balaban J connectivity index is 2.14. The molecule has 2 rings (SSSR count). The summed E-state index contributed by atoms with van der Waals surface area (Å²) in [7, 11) is 2.06.